The molecule has 24 heavy (non-hydrogen) atoms. The molecule has 0 aliphatic heterocycles. The van der Waals surface area contributed by atoms with E-state index in [4.69, 9.17) is 4.74 Å². The van der Waals surface area contributed by atoms with Crippen molar-refractivity contribution < 1.29 is 19.1 Å². The molecule has 122 valence electrons. The van der Waals surface area contributed by atoms with Crippen molar-refractivity contribution in [2.24, 2.45) is 0 Å². The number of esters is 2. The second-order valence-electron chi connectivity index (χ2n) is 4.73. The number of methoxy groups -OCH3 is 1. The van der Waals surface area contributed by atoms with Crippen LogP contribution in [0.5, 0.6) is 5.75 Å². The molecule has 0 radical (unpaired) electrons. The van der Waals surface area contributed by atoms with Gasteiger partial charge in [-0.25, -0.2) is 9.59 Å². The van der Waals surface area contributed by atoms with E-state index in [1.54, 1.807) is 47.5 Å². The van der Waals surface area contributed by atoms with Gasteiger partial charge in [-0.2, -0.15) is 0 Å². The van der Waals surface area contributed by atoms with E-state index < -0.39 is 11.9 Å². The number of carbonyl (C=O) groups is 2. The molecule has 0 bridgehead atoms. The maximum Gasteiger partial charge on any atom is 0.337 e. The molecule has 0 atom stereocenters. The van der Waals surface area contributed by atoms with E-state index in [-0.39, 0.29) is 0 Å². The molecule has 0 aliphatic rings. The van der Waals surface area contributed by atoms with Crippen LogP contribution in [0.3, 0.4) is 0 Å². The summed E-state index contributed by atoms with van der Waals surface area (Å²) in [6, 6.07) is 13.8. The van der Waals surface area contributed by atoms with Crippen LogP contribution in [0.25, 0.3) is 12.2 Å². The smallest absolute Gasteiger partial charge is 0.337 e. The molecule has 2 aromatic carbocycles. The summed E-state index contributed by atoms with van der Waals surface area (Å²) in [7, 11) is 1.33. The van der Waals surface area contributed by atoms with Crippen molar-refractivity contribution in [2.45, 2.75) is 0 Å². The van der Waals surface area contributed by atoms with Crippen molar-refractivity contribution in [3.63, 3.8) is 0 Å². The summed E-state index contributed by atoms with van der Waals surface area (Å²) in [4.78, 5) is 24.9. The lowest BCUT2D eigenvalue weighted by molar-refractivity contribution is -0.128. The van der Waals surface area contributed by atoms with E-state index in [1.807, 2.05) is 18.2 Å². The third-order valence-electron chi connectivity index (χ3n) is 3.10. The van der Waals surface area contributed by atoms with Crippen LogP contribution >= 0.6 is 15.9 Å². The minimum atomic E-state index is -0.476. The summed E-state index contributed by atoms with van der Waals surface area (Å²) in [5.74, 6) is -0.406. The van der Waals surface area contributed by atoms with Crippen LogP contribution in [0.4, 0.5) is 0 Å². The third-order valence-corrected chi connectivity index (χ3v) is 3.36. The van der Waals surface area contributed by atoms with Crippen LogP contribution in [0.15, 0.2) is 59.6 Å². The third kappa shape index (κ3) is 5.21. The molecule has 2 rings (SSSR count). The van der Waals surface area contributed by atoms with E-state index in [0.29, 0.717) is 11.3 Å². The molecule has 4 nitrogen and oxygen atoms in total. The molecule has 0 saturated carbocycles. The summed E-state index contributed by atoms with van der Waals surface area (Å²) < 4.78 is 9.84. The molecule has 0 amide bonds. The molecule has 0 unspecified atom stereocenters. The Bertz CT molecular complexity index is 759. The van der Waals surface area contributed by atoms with Gasteiger partial charge in [0, 0.05) is 6.08 Å². The molecule has 0 saturated heterocycles. The van der Waals surface area contributed by atoms with Gasteiger partial charge in [-0.05, 0) is 52.5 Å². The van der Waals surface area contributed by atoms with Crippen LogP contribution in [0.1, 0.15) is 21.5 Å². The largest absolute Gasteiger partial charge is 0.465 e. The average molecular weight is 387 g/mol. The van der Waals surface area contributed by atoms with Crippen molar-refractivity contribution in [1.29, 1.82) is 0 Å². The highest BCUT2D eigenvalue weighted by atomic mass is 79.9. The Balaban J connectivity index is 1.96. The van der Waals surface area contributed by atoms with E-state index >= 15 is 0 Å². The van der Waals surface area contributed by atoms with Crippen LogP contribution in [0, 0.1) is 0 Å². The number of hydrogen-bond donors (Lipinski definition) is 0. The SMILES string of the molecule is COC(=O)c1ccc(/C=C/C(=O)Oc2ccc(/C=C/Br)cc2)cc1. The minimum absolute atomic E-state index is 0.400. The van der Waals surface area contributed by atoms with Crippen molar-refractivity contribution in [2.75, 3.05) is 7.11 Å². The number of rotatable bonds is 5. The highest BCUT2D eigenvalue weighted by molar-refractivity contribution is 9.11. The number of ether oxygens (including phenoxy) is 2. The summed E-state index contributed by atoms with van der Waals surface area (Å²) in [6.45, 7) is 0. The predicted octanol–water partition coefficient (Wildman–Crippen LogP) is 4.46. The van der Waals surface area contributed by atoms with Gasteiger partial charge in [0.15, 0.2) is 0 Å². The lowest BCUT2D eigenvalue weighted by Gasteiger charge is -2.02. The number of halogens is 1. The Morgan fingerprint density at radius 1 is 0.917 bits per heavy atom. The first kappa shape index (κ1) is 17.7. The fourth-order valence-electron chi connectivity index (χ4n) is 1.88. The van der Waals surface area contributed by atoms with Gasteiger partial charge < -0.3 is 9.47 Å². The first-order valence-corrected chi connectivity index (χ1v) is 7.99. The molecule has 0 fully saturated rings. The van der Waals surface area contributed by atoms with Gasteiger partial charge in [0.1, 0.15) is 5.75 Å². The Kier molecular flexibility index (Phi) is 6.51. The maximum absolute atomic E-state index is 11.8. The molecule has 0 heterocycles. The minimum Gasteiger partial charge on any atom is -0.465 e. The van der Waals surface area contributed by atoms with Gasteiger partial charge in [0.05, 0.1) is 12.7 Å². The summed E-state index contributed by atoms with van der Waals surface area (Å²) in [5.41, 5.74) is 2.22. The highest BCUT2D eigenvalue weighted by Gasteiger charge is 2.04. The summed E-state index contributed by atoms with van der Waals surface area (Å²) in [6.07, 6.45) is 4.83. The zero-order chi connectivity index (χ0) is 17.4. The van der Waals surface area contributed by atoms with Gasteiger partial charge in [-0.3, -0.25) is 0 Å². The van der Waals surface area contributed by atoms with E-state index in [9.17, 15) is 9.59 Å². The molecule has 0 aliphatic carbocycles. The first-order valence-electron chi connectivity index (χ1n) is 7.07. The predicted molar refractivity (Wildman–Crippen MR) is 96.9 cm³/mol. The van der Waals surface area contributed by atoms with Crippen LogP contribution in [-0.2, 0) is 9.53 Å². The molecule has 0 N–H and O–H groups in total. The zero-order valence-corrected chi connectivity index (χ0v) is 14.5. The highest BCUT2D eigenvalue weighted by Crippen LogP contribution is 2.14. The fourth-order valence-corrected chi connectivity index (χ4v) is 2.19. The van der Waals surface area contributed by atoms with E-state index in [1.165, 1.54) is 13.2 Å². The Morgan fingerprint density at radius 2 is 1.50 bits per heavy atom. The Morgan fingerprint density at radius 3 is 2.08 bits per heavy atom. The van der Waals surface area contributed by atoms with Gasteiger partial charge in [0.25, 0.3) is 0 Å². The molecule has 0 aromatic heterocycles. The van der Waals surface area contributed by atoms with Crippen molar-refractivity contribution in [3.05, 3.63) is 76.3 Å². The van der Waals surface area contributed by atoms with Gasteiger partial charge in [-0.15, -0.1) is 0 Å². The lowest BCUT2D eigenvalue weighted by atomic mass is 10.1. The van der Waals surface area contributed by atoms with Gasteiger partial charge >= 0.3 is 11.9 Å². The second-order valence-corrected chi connectivity index (χ2v) is 5.26. The normalized spacial score (nSPS) is 10.9. The van der Waals surface area contributed by atoms with Gasteiger partial charge in [-0.1, -0.05) is 40.2 Å². The fraction of sp³-hybridized carbons (Fsp3) is 0.0526. The number of hydrogen-bond acceptors (Lipinski definition) is 4. The average Bonchev–Trinajstić information content (AvgIpc) is 2.61. The lowest BCUT2D eigenvalue weighted by Crippen LogP contribution is -2.03. The van der Waals surface area contributed by atoms with Crippen LogP contribution in [0.2, 0.25) is 0 Å². The maximum atomic E-state index is 11.8. The standard InChI is InChI=1S/C19H15BrO4/c1-23-19(22)16-7-2-14(3-8-16)6-11-18(21)24-17-9-4-15(5-10-17)12-13-20/h2-13H,1H3/b11-6+,13-12+. The van der Waals surface area contributed by atoms with Crippen LogP contribution < -0.4 is 4.74 Å². The zero-order valence-electron chi connectivity index (χ0n) is 12.9. The monoisotopic (exact) mass is 386 g/mol. The molecule has 2 aromatic rings. The summed E-state index contributed by atoms with van der Waals surface area (Å²) in [5, 5.41) is 0. The van der Waals surface area contributed by atoms with Crippen molar-refractivity contribution in [1.82, 2.24) is 0 Å². The molecular weight excluding hydrogens is 372 g/mol. The first-order chi connectivity index (χ1) is 11.6. The Labute approximate surface area is 148 Å². The second kappa shape index (κ2) is 8.84. The van der Waals surface area contributed by atoms with Gasteiger partial charge in [0.2, 0.25) is 0 Å². The van der Waals surface area contributed by atoms with Crippen molar-refractivity contribution in [3.8, 4) is 5.75 Å². The quantitative estimate of drug-likeness (QED) is 0.432. The Hall–Kier alpha value is -2.66. The summed E-state index contributed by atoms with van der Waals surface area (Å²) >= 11 is 3.20. The molecular formula is C19H15BrO4. The topological polar surface area (TPSA) is 52.6 Å². The van der Waals surface area contributed by atoms with E-state index in [2.05, 4.69) is 20.7 Å². The number of benzene rings is 2. The molecule has 0 spiro atoms. The van der Waals surface area contributed by atoms with E-state index in [0.717, 1.165) is 11.1 Å². The van der Waals surface area contributed by atoms with Crippen LogP contribution in [-0.4, -0.2) is 19.0 Å². The van der Waals surface area contributed by atoms with Crippen molar-refractivity contribution >= 4 is 40.0 Å². The molecule has 5 heteroatoms. The number of carbonyl (C=O) groups excluding carboxylic acids is 2.